The fourth-order valence-electron chi connectivity index (χ4n) is 5.01. The van der Waals surface area contributed by atoms with Crippen LogP contribution >= 0.6 is 11.6 Å². The van der Waals surface area contributed by atoms with E-state index in [1.54, 1.807) is 0 Å². The van der Waals surface area contributed by atoms with Crippen molar-refractivity contribution >= 4 is 23.5 Å². The Bertz CT molecular complexity index is 568. The number of carbonyl (C=O) groups excluding carboxylic acids is 1. The summed E-state index contributed by atoms with van der Waals surface area (Å²) in [6.45, 7) is 2.03. The number of carbonyl (C=O) groups is 2. The molecule has 0 radical (unpaired) electrons. The maximum atomic E-state index is 13.2. The highest BCUT2D eigenvalue weighted by Crippen LogP contribution is 2.46. The topological polar surface area (TPSA) is 77.8 Å². The number of nitrogens with zero attached hydrogens (tertiary/aromatic N) is 1. The van der Waals surface area contributed by atoms with Gasteiger partial charge in [-0.05, 0) is 63.4 Å². The van der Waals surface area contributed by atoms with Crippen molar-refractivity contribution in [1.29, 1.82) is 0 Å². The van der Waals surface area contributed by atoms with Gasteiger partial charge >= 0.3 is 5.97 Å². The highest BCUT2D eigenvalue weighted by molar-refractivity contribution is 6.20. The van der Waals surface area contributed by atoms with E-state index in [-0.39, 0.29) is 48.1 Å². The lowest BCUT2D eigenvalue weighted by Gasteiger charge is -2.38. The number of fused-ring (bicyclic) bond motifs is 1. The van der Waals surface area contributed by atoms with Gasteiger partial charge in [0.05, 0.1) is 6.42 Å². The molecule has 0 bridgehead atoms. The molecule has 3 atom stereocenters. The molecule has 140 valence electrons. The van der Waals surface area contributed by atoms with Crippen LogP contribution in [0.1, 0.15) is 58.3 Å². The van der Waals surface area contributed by atoms with Crippen molar-refractivity contribution in [3.05, 3.63) is 11.3 Å². The molecule has 2 fully saturated rings. The van der Waals surface area contributed by atoms with E-state index in [4.69, 9.17) is 11.6 Å². The minimum absolute atomic E-state index is 0.00495. The van der Waals surface area contributed by atoms with Crippen LogP contribution in [0, 0.1) is 17.8 Å². The van der Waals surface area contributed by atoms with E-state index in [9.17, 15) is 19.8 Å². The van der Waals surface area contributed by atoms with Gasteiger partial charge in [-0.25, -0.2) is 0 Å². The summed E-state index contributed by atoms with van der Waals surface area (Å²) in [4.78, 5) is 26.5. The summed E-state index contributed by atoms with van der Waals surface area (Å²) in [5, 5.41) is 19.0. The predicted molar refractivity (Wildman–Crippen MR) is 95.1 cm³/mol. The van der Waals surface area contributed by atoms with Crippen molar-refractivity contribution in [2.75, 3.05) is 6.61 Å². The first kappa shape index (κ1) is 18.7. The normalized spacial score (nSPS) is 35.6. The minimum Gasteiger partial charge on any atom is -0.481 e. The summed E-state index contributed by atoms with van der Waals surface area (Å²) in [5.74, 6) is -0.407. The maximum absolute atomic E-state index is 13.2. The van der Waals surface area contributed by atoms with Crippen molar-refractivity contribution in [3.8, 4) is 0 Å². The van der Waals surface area contributed by atoms with Gasteiger partial charge in [0.15, 0.2) is 0 Å². The second kappa shape index (κ2) is 7.67. The summed E-state index contributed by atoms with van der Waals surface area (Å²) < 4.78 is 0. The maximum Gasteiger partial charge on any atom is 0.307 e. The van der Waals surface area contributed by atoms with Crippen LogP contribution in [-0.4, -0.2) is 45.0 Å². The molecule has 1 aliphatic heterocycles. The van der Waals surface area contributed by atoms with Crippen LogP contribution in [0.15, 0.2) is 11.3 Å². The fourth-order valence-corrected chi connectivity index (χ4v) is 5.26. The zero-order valence-electron chi connectivity index (χ0n) is 14.8. The number of aliphatic hydroxyl groups is 1. The molecule has 0 aromatic heterocycles. The Kier molecular flexibility index (Phi) is 5.74. The van der Waals surface area contributed by atoms with Crippen LogP contribution in [0.25, 0.3) is 0 Å². The van der Waals surface area contributed by atoms with E-state index in [2.05, 4.69) is 0 Å². The van der Waals surface area contributed by atoms with Crippen molar-refractivity contribution in [2.45, 2.75) is 69.7 Å². The smallest absolute Gasteiger partial charge is 0.307 e. The summed E-state index contributed by atoms with van der Waals surface area (Å²) in [6, 6.07) is 0.0679. The van der Waals surface area contributed by atoms with Gasteiger partial charge in [0.1, 0.15) is 0 Å². The Balaban J connectivity index is 1.83. The molecule has 1 amide bonds. The molecule has 6 heteroatoms. The number of hydrogen-bond acceptors (Lipinski definition) is 3. The Morgan fingerprint density at radius 1 is 1.16 bits per heavy atom. The third-order valence-corrected chi connectivity index (χ3v) is 6.81. The molecule has 25 heavy (non-hydrogen) atoms. The number of aliphatic carboxylic acids is 1. The van der Waals surface area contributed by atoms with Crippen LogP contribution < -0.4 is 0 Å². The molecule has 2 saturated carbocycles. The SMILES string of the molecule is CC1=C(CC(=O)O)C2CC(CO)CCC2N1C(=O)C1CCC(Cl)CC1. The van der Waals surface area contributed by atoms with Gasteiger partial charge in [-0.1, -0.05) is 0 Å². The molecule has 0 saturated heterocycles. The highest BCUT2D eigenvalue weighted by Gasteiger charge is 2.46. The van der Waals surface area contributed by atoms with E-state index < -0.39 is 5.97 Å². The summed E-state index contributed by atoms with van der Waals surface area (Å²) >= 11 is 6.17. The summed E-state index contributed by atoms with van der Waals surface area (Å²) in [6.07, 6.45) is 5.89. The Labute approximate surface area is 154 Å². The molecule has 3 rings (SSSR count). The number of alkyl halides is 1. The van der Waals surface area contributed by atoms with Crippen LogP contribution in [0.3, 0.4) is 0 Å². The predicted octanol–water partition coefficient (Wildman–Crippen LogP) is 3.15. The first-order valence-corrected chi connectivity index (χ1v) is 9.85. The average Bonchev–Trinajstić information content (AvgIpc) is 2.86. The Morgan fingerprint density at radius 2 is 1.84 bits per heavy atom. The molecule has 3 aliphatic rings. The van der Waals surface area contributed by atoms with Crippen molar-refractivity contribution < 1.29 is 19.8 Å². The quantitative estimate of drug-likeness (QED) is 0.746. The van der Waals surface area contributed by atoms with Gasteiger partial charge in [0.2, 0.25) is 5.91 Å². The second-order valence-electron chi connectivity index (χ2n) is 7.87. The summed E-state index contributed by atoms with van der Waals surface area (Å²) in [7, 11) is 0. The zero-order valence-corrected chi connectivity index (χ0v) is 15.5. The van der Waals surface area contributed by atoms with E-state index in [1.807, 2.05) is 11.8 Å². The number of aliphatic hydroxyl groups excluding tert-OH is 1. The van der Waals surface area contributed by atoms with E-state index >= 15 is 0 Å². The number of carboxylic acid groups (broad SMARTS) is 1. The van der Waals surface area contributed by atoms with Gasteiger partial charge in [-0.2, -0.15) is 0 Å². The Hall–Kier alpha value is -1.07. The monoisotopic (exact) mass is 369 g/mol. The van der Waals surface area contributed by atoms with Crippen LogP contribution in [0.5, 0.6) is 0 Å². The van der Waals surface area contributed by atoms with Gasteiger partial charge in [-0.3, -0.25) is 9.59 Å². The Morgan fingerprint density at radius 3 is 2.44 bits per heavy atom. The zero-order chi connectivity index (χ0) is 18.1. The van der Waals surface area contributed by atoms with Crippen LogP contribution in [0.4, 0.5) is 0 Å². The summed E-state index contributed by atoms with van der Waals surface area (Å²) in [5.41, 5.74) is 1.73. The lowest BCUT2D eigenvalue weighted by Crippen LogP contribution is -2.45. The number of carboxylic acids is 1. The average molecular weight is 370 g/mol. The van der Waals surface area contributed by atoms with Gasteiger partial charge < -0.3 is 15.1 Å². The largest absolute Gasteiger partial charge is 0.481 e. The fraction of sp³-hybridized carbons (Fsp3) is 0.789. The number of hydrogen-bond donors (Lipinski definition) is 2. The van der Waals surface area contributed by atoms with Gasteiger partial charge in [0.25, 0.3) is 0 Å². The first-order valence-electron chi connectivity index (χ1n) is 9.41. The third-order valence-electron chi connectivity index (χ3n) is 6.37. The van der Waals surface area contributed by atoms with Crippen molar-refractivity contribution in [3.63, 3.8) is 0 Å². The van der Waals surface area contributed by atoms with E-state index in [1.165, 1.54) is 0 Å². The van der Waals surface area contributed by atoms with E-state index in [0.29, 0.717) is 0 Å². The van der Waals surface area contributed by atoms with E-state index in [0.717, 1.165) is 56.2 Å². The molecular weight excluding hydrogens is 342 g/mol. The first-order chi connectivity index (χ1) is 11.9. The van der Waals surface area contributed by atoms with Crippen molar-refractivity contribution in [1.82, 2.24) is 4.90 Å². The molecule has 1 heterocycles. The van der Waals surface area contributed by atoms with Crippen LogP contribution in [0.2, 0.25) is 0 Å². The molecule has 2 N–H and O–H groups in total. The molecule has 0 aromatic carbocycles. The minimum atomic E-state index is -0.851. The molecule has 0 spiro atoms. The third kappa shape index (κ3) is 3.72. The van der Waals surface area contributed by atoms with Crippen LogP contribution in [-0.2, 0) is 9.59 Å². The molecule has 5 nitrogen and oxygen atoms in total. The van der Waals surface area contributed by atoms with Crippen molar-refractivity contribution in [2.24, 2.45) is 17.8 Å². The number of allylic oxidation sites excluding steroid dienone is 1. The standard InChI is InChI=1S/C19H28ClNO4/c1-11-15(9-18(23)24)16-8-12(10-22)2-7-17(16)21(11)19(25)13-3-5-14(20)6-4-13/h12-14,16-17,22H,2-10H2,1H3,(H,23,24). The second-order valence-corrected chi connectivity index (χ2v) is 8.49. The lowest BCUT2D eigenvalue weighted by molar-refractivity contribution is -0.137. The van der Waals surface area contributed by atoms with Gasteiger partial charge in [0, 0.05) is 35.6 Å². The number of amides is 1. The molecule has 0 aromatic rings. The van der Waals surface area contributed by atoms with Gasteiger partial charge in [-0.15, -0.1) is 11.6 Å². The molecular formula is C19H28ClNO4. The number of rotatable bonds is 4. The molecule has 3 unspecified atom stereocenters. The lowest BCUT2D eigenvalue weighted by atomic mass is 9.75. The molecule has 2 aliphatic carbocycles. The number of halogens is 1. The highest BCUT2D eigenvalue weighted by atomic mass is 35.5.